The minimum atomic E-state index is -0.365. The quantitative estimate of drug-likeness (QED) is 0.576. The van der Waals surface area contributed by atoms with E-state index in [2.05, 4.69) is 24.9 Å². The van der Waals surface area contributed by atoms with Gasteiger partial charge in [0.25, 0.3) is 5.56 Å². The molecule has 5 nitrogen and oxygen atoms in total. The number of hydrogen-bond donors (Lipinski definition) is 0. The summed E-state index contributed by atoms with van der Waals surface area (Å²) in [7, 11) is 0. The van der Waals surface area contributed by atoms with Crippen LogP contribution in [-0.4, -0.2) is 21.6 Å². The van der Waals surface area contributed by atoms with Crippen molar-refractivity contribution < 1.29 is 9.53 Å². The minimum Gasteiger partial charge on any atom is -0.461 e. The van der Waals surface area contributed by atoms with Crippen LogP contribution in [-0.2, 0) is 16.1 Å². The third kappa shape index (κ3) is 4.13. The van der Waals surface area contributed by atoms with E-state index < -0.39 is 0 Å². The summed E-state index contributed by atoms with van der Waals surface area (Å²) in [6, 6.07) is 6.20. The van der Waals surface area contributed by atoms with Crippen molar-refractivity contribution in [2.24, 2.45) is 5.92 Å². The minimum absolute atomic E-state index is 0.0365. The normalized spacial score (nSPS) is 19.4. The van der Waals surface area contributed by atoms with Gasteiger partial charge in [-0.05, 0) is 50.2 Å². The van der Waals surface area contributed by atoms with Gasteiger partial charge in [0, 0.05) is 10.9 Å². The SMILES string of the molecule is Cc1ccc(-c2csc3ncn(CC(=O)O[C@@H]4CCC[C@@H](C)C4)c(=O)c23)c(C)c1. The molecule has 2 aromatic heterocycles. The number of esters is 1. The summed E-state index contributed by atoms with van der Waals surface area (Å²) in [6.45, 7) is 6.18. The second-order valence-electron chi connectivity index (χ2n) is 8.21. The Morgan fingerprint density at radius 1 is 1.28 bits per heavy atom. The molecule has 0 radical (unpaired) electrons. The largest absolute Gasteiger partial charge is 0.461 e. The predicted octanol–water partition coefficient (Wildman–Crippen LogP) is 4.86. The van der Waals surface area contributed by atoms with Gasteiger partial charge in [0.15, 0.2) is 0 Å². The van der Waals surface area contributed by atoms with Crippen molar-refractivity contribution in [3.63, 3.8) is 0 Å². The van der Waals surface area contributed by atoms with Crippen molar-refractivity contribution in [2.75, 3.05) is 0 Å². The molecule has 0 N–H and O–H groups in total. The average Bonchev–Trinajstić information content (AvgIpc) is 3.08. The molecule has 1 aliphatic carbocycles. The molecule has 6 heteroatoms. The van der Waals surface area contributed by atoms with Crippen LogP contribution in [0, 0.1) is 19.8 Å². The Morgan fingerprint density at radius 2 is 2.10 bits per heavy atom. The average molecular weight is 411 g/mol. The first kappa shape index (κ1) is 19.8. The van der Waals surface area contributed by atoms with E-state index in [0.717, 1.165) is 36.0 Å². The number of benzene rings is 1. The number of rotatable bonds is 4. The Bertz CT molecular complexity index is 1110. The van der Waals surface area contributed by atoms with E-state index in [4.69, 9.17) is 4.74 Å². The van der Waals surface area contributed by atoms with Crippen LogP contribution in [0.3, 0.4) is 0 Å². The van der Waals surface area contributed by atoms with E-state index in [-0.39, 0.29) is 24.2 Å². The maximum absolute atomic E-state index is 13.2. The number of nitrogens with zero attached hydrogens (tertiary/aromatic N) is 2. The second kappa shape index (κ2) is 8.11. The molecule has 0 bridgehead atoms. The lowest BCUT2D eigenvalue weighted by Crippen LogP contribution is -2.30. The van der Waals surface area contributed by atoms with Crippen LogP contribution in [0.2, 0.25) is 0 Å². The lowest BCUT2D eigenvalue weighted by Gasteiger charge is -2.26. The molecule has 3 aromatic rings. The van der Waals surface area contributed by atoms with E-state index in [9.17, 15) is 9.59 Å². The zero-order chi connectivity index (χ0) is 20.5. The first-order valence-electron chi connectivity index (χ1n) is 10.2. The van der Waals surface area contributed by atoms with Gasteiger partial charge in [0.2, 0.25) is 0 Å². The second-order valence-corrected chi connectivity index (χ2v) is 9.07. The fourth-order valence-electron chi connectivity index (χ4n) is 4.24. The predicted molar refractivity (Wildman–Crippen MR) is 116 cm³/mol. The Hall–Kier alpha value is -2.47. The van der Waals surface area contributed by atoms with Crippen LogP contribution in [0.5, 0.6) is 0 Å². The third-order valence-electron chi connectivity index (χ3n) is 5.72. The van der Waals surface area contributed by atoms with E-state index in [1.54, 1.807) is 0 Å². The monoisotopic (exact) mass is 410 g/mol. The molecular weight excluding hydrogens is 384 g/mol. The highest BCUT2D eigenvalue weighted by atomic mass is 32.1. The molecule has 1 aliphatic rings. The summed E-state index contributed by atoms with van der Waals surface area (Å²) in [5.74, 6) is 0.212. The van der Waals surface area contributed by atoms with Crippen molar-refractivity contribution in [1.82, 2.24) is 9.55 Å². The van der Waals surface area contributed by atoms with Gasteiger partial charge in [-0.25, -0.2) is 4.98 Å². The molecule has 1 saturated carbocycles. The smallest absolute Gasteiger partial charge is 0.326 e. The van der Waals surface area contributed by atoms with Crippen LogP contribution in [0.4, 0.5) is 0 Å². The zero-order valence-corrected chi connectivity index (χ0v) is 17.9. The van der Waals surface area contributed by atoms with Gasteiger partial charge in [-0.2, -0.15) is 0 Å². The molecule has 29 heavy (non-hydrogen) atoms. The van der Waals surface area contributed by atoms with Crippen molar-refractivity contribution in [3.05, 3.63) is 51.4 Å². The van der Waals surface area contributed by atoms with Gasteiger partial charge in [-0.1, -0.05) is 37.1 Å². The van der Waals surface area contributed by atoms with E-state index in [1.165, 1.54) is 34.2 Å². The van der Waals surface area contributed by atoms with Gasteiger partial charge in [0.05, 0.1) is 11.7 Å². The maximum Gasteiger partial charge on any atom is 0.326 e. The first-order chi connectivity index (χ1) is 13.9. The summed E-state index contributed by atoms with van der Waals surface area (Å²) in [6.07, 6.45) is 5.50. The Balaban J connectivity index is 1.62. The van der Waals surface area contributed by atoms with Gasteiger partial charge in [-0.3, -0.25) is 14.2 Å². The molecule has 1 fully saturated rings. The number of carbonyl (C=O) groups excluding carboxylic acids is 1. The number of fused-ring (bicyclic) bond motifs is 1. The molecule has 152 valence electrons. The fourth-order valence-corrected chi connectivity index (χ4v) is 5.14. The van der Waals surface area contributed by atoms with Crippen molar-refractivity contribution in [3.8, 4) is 11.1 Å². The number of aryl methyl sites for hydroxylation is 2. The van der Waals surface area contributed by atoms with Gasteiger partial charge in [-0.15, -0.1) is 11.3 Å². The van der Waals surface area contributed by atoms with E-state index in [0.29, 0.717) is 16.1 Å². The van der Waals surface area contributed by atoms with Crippen LogP contribution in [0.15, 0.2) is 34.7 Å². The molecule has 2 heterocycles. The lowest BCUT2D eigenvalue weighted by molar-refractivity contribution is -0.152. The molecule has 0 aliphatic heterocycles. The Morgan fingerprint density at radius 3 is 2.86 bits per heavy atom. The molecule has 0 unspecified atom stereocenters. The van der Waals surface area contributed by atoms with Crippen LogP contribution < -0.4 is 5.56 Å². The summed E-state index contributed by atoms with van der Waals surface area (Å²) < 4.78 is 7.01. The highest BCUT2D eigenvalue weighted by Gasteiger charge is 2.23. The standard InChI is InChI=1S/C23H26N2O3S/c1-14-5-4-6-17(10-14)28-20(26)11-25-13-24-22-21(23(25)27)19(12-29-22)18-8-7-15(2)9-16(18)3/h7-9,12-14,17H,4-6,10-11H2,1-3H3/t14-,17-/m1/s1. The summed E-state index contributed by atoms with van der Waals surface area (Å²) in [4.78, 5) is 30.7. The van der Waals surface area contributed by atoms with Crippen molar-refractivity contribution in [2.45, 2.75) is 59.1 Å². The number of ether oxygens (including phenoxy) is 1. The highest BCUT2D eigenvalue weighted by molar-refractivity contribution is 7.17. The molecule has 4 rings (SSSR count). The van der Waals surface area contributed by atoms with Gasteiger partial charge < -0.3 is 4.74 Å². The van der Waals surface area contributed by atoms with E-state index >= 15 is 0 Å². The zero-order valence-electron chi connectivity index (χ0n) is 17.1. The van der Waals surface area contributed by atoms with Crippen LogP contribution in [0.1, 0.15) is 43.7 Å². The molecule has 1 aromatic carbocycles. The third-order valence-corrected chi connectivity index (χ3v) is 6.60. The Labute approximate surface area is 174 Å². The van der Waals surface area contributed by atoms with E-state index in [1.807, 2.05) is 24.4 Å². The Kier molecular flexibility index (Phi) is 5.54. The fraction of sp³-hybridized carbons (Fsp3) is 0.435. The van der Waals surface area contributed by atoms with Crippen molar-refractivity contribution in [1.29, 1.82) is 0 Å². The molecule has 0 amide bonds. The molecular formula is C23H26N2O3S. The number of carbonyl (C=O) groups is 1. The van der Waals surface area contributed by atoms with Crippen LogP contribution in [0.25, 0.3) is 21.3 Å². The first-order valence-corrected chi connectivity index (χ1v) is 11.0. The van der Waals surface area contributed by atoms with Gasteiger partial charge in [0.1, 0.15) is 17.5 Å². The number of thiophene rings is 1. The van der Waals surface area contributed by atoms with Crippen molar-refractivity contribution >= 4 is 27.5 Å². The topological polar surface area (TPSA) is 61.2 Å². The lowest BCUT2D eigenvalue weighted by atomic mass is 9.89. The molecule has 0 spiro atoms. The number of hydrogen-bond acceptors (Lipinski definition) is 5. The molecule has 0 saturated heterocycles. The summed E-state index contributed by atoms with van der Waals surface area (Å²) >= 11 is 1.45. The van der Waals surface area contributed by atoms with Gasteiger partial charge >= 0.3 is 5.97 Å². The number of aromatic nitrogens is 2. The molecule has 2 atom stereocenters. The summed E-state index contributed by atoms with van der Waals surface area (Å²) in [5.41, 5.74) is 4.01. The highest BCUT2D eigenvalue weighted by Crippen LogP contribution is 2.33. The summed E-state index contributed by atoms with van der Waals surface area (Å²) in [5, 5.41) is 2.55. The maximum atomic E-state index is 13.2. The van der Waals surface area contributed by atoms with Crippen LogP contribution >= 0.6 is 11.3 Å².